The maximum absolute atomic E-state index is 13.9. The van der Waals surface area contributed by atoms with Gasteiger partial charge in [-0.15, -0.1) is 0 Å². The summed E-state index contributed by atoms with van der Waals surface area (Å²) in [5, 5.41) is 0.103. The number of hydrogen-bond acceptors (Lipinski definition) is 4. The molecule has 0 aromatic heterocycles. The fourth-order valence-corrected chi connectivity index (χ4v) is 5.10. The Kier molecular flexibility index (Phi) is 5.95. The van der Waals surface area contributed by atoms with Gasteiger partial charge in [0.15, 0.2) is 9.84 Å². The van der Waals surface area contributed by atoms with Crippen LogP contribution in [0.15, 0.2) is 50.7 Å². The highest BCUT2D eigenvalue weighted by Gasteiger charge is 2.26. The standard InChI is InChI=1S/C15H14BrClFNO4S2/c1-19(9-11-13(17)4-3-5-14(11)18)25(22,23)15-8-10(24(2,20)21)6-7-12(15)16/h3-8H,9H2,1-2H3. The number of nitrogens with zero attached hydrogens (tertiary/aromatic N) is 1. The predicted octanol–water partition coefficient (Wildman–Crippen LogP) is 3.47. The van der Waals surface area contributed by atoms with E-state index in [0.29, 0.717) is 0 Å². The number of benzene rings is 2. The second-order valence-corrected chi connectivity index (χ2v) is 10.6. The Bertz CT molecular complexity index is 1010. The first-order valence-electron chi connectivity index (χ1n) is 6.83. The van der Waals surface area contributed by atoms with Crippen LogP contribution in [0.2, 0.25) is 5.02 Å². The molecule has 136 valence electrons. The molecule has 0 heterocycles. The SMILES string of the molecule is CN(Cc1c(F)cccc1Cl)S(=O)(=O)c1cc(S(C)(=O)=O)ccc1Br. The molecule has 0 unspecified atom stereocenters. The summed E-state index contributed by atoms with van der Waals surface area (Å²) in [4.78, 5) is -0.364. The Morgan fingerprint density at radius 1 is 1.16 bits per heavy atom. The minimum atomic E-state index is -4.09. The maximum atomic E-state index is 13.9. The van der Waals surface area contributed by atoms with Crippen LogP contribution in [0.1, 0.15) is 5.56 Å². The van der Waals surface area contributed by atoms with E-state index in [1.54, 1.807) is 0 Å². The van der Waals surface area contributed by atoms with Gasteiger partial charge < -0.3 is 0 Å². The van der Waals surface area contributed by atoms with Gasteiger partial charge in [-0.1, -0.05) is 17.7 Å². The summed E-state index contributed by atoms with van der Waals surface area (Å²) in [5.41, 5.74) is 0.0330. The summed E-state index contributed by atoms with van der Waals surface area (Å²) >= 11 is 9.05. The highest BCUT2D eigenvalue weighted by atomic mass is 79.9. The lowest BCUT2D eigenvalue weighted by atomic mass is 10.2. The summed E-state index contributed by atoms with van der Waals surface area (Å²) in [5.74, 6) is -0.626. The van der Waals surface area contributed by atoms with Gasteiger partial charge in [0, 0.05) is 34.9 Å². The Morgan fingerprint density at radius 3 is 2.36 bits per heavy atom. The molecule has 0 saturated carbocycles. The molecule has 2 aromatic carbocycles. The van der Waals surface area contributed by atoms with Gasteiger partial charge in [-0.3, -0.25) is 0 Å². The third-order valence-corrected chi connectivity index (χ3v) is 7.72. The van der Waals surface area contributed by atoms with Gasteiger partial charge >= 0.3 is 0 Å². The van der Waals surface area contributed by atoms with Crippen LogP contribution >= 0.6 is 27.5 Å². The van der Waals surface area contributed by atoms with Crippen molar-refractivity contribution in [1.29, 1.82) is 0 Å². The van der Waals surface area contributed by atoms with Crippen molar-refractivity contribution in [2.45, 2.75) is 16.3 Å². The Labute approximate surface area is 159 Å². The Hall–Kier alpha value is -1.00. The van der Waals surface area contributed by atoms with Crippen LogP contribution in [-0.2, 0) is 26.4 Å². The van der Waals surface area contributed by atoms with Crippen LogP contribution in [0.3, 0.4) is 0 Å². The fraction of sp³-hybridized carbons (Fsp3) is 0.200. The molecule has 0 aliphatic rings. The Morgan fingerprint density at radius 2 is 1.80 bits per heavy atom. The molecule has 0 saturated heterocycles. The van der Waals surface area contributed by atoms with E-state index in [-0.39, 0.29) is 31.4 Å². The zero-order chi connectivity index (χ0) is 19.0. The normalized spacial score (nSPS) is 12.6. The van der Waals surface area contributed by atoms with Crippen molar-refractivity contribution in [3.63, 3.8) is 0 Å². The van der Waals surface area contributed by atoms with E-state index in [2.05, 4.69) is 15.9 Å². The summed E-state index contributed by atoms with van der Waals surface area (Å²) in [6.07, 6.45) is 0.982. The molecule has 10 heteroatoms. The summed E-state index contributed by atoms with van der Waals surface area (Å²) in [6.45, 7) is -0.302. The average molecular weight is 471 g/mol. The summed E-state index contributed by atoms with van der Waals surface area (Å²) in [6, 6.07) is 7.76. The predicted molar refractivity (Wildman–Crippen MR) is 97.3 cm³/mol. The van der Waals surface area contributed by atoms with Gasteiger partial charge in [0.1, 0.15) is 5.82 Å². The van der Waals surface area contributed by atoms with Gasteiger partial charge in [0.05, 0.1) is 9.79 Å². The summed E-state index contributed by atoms with van der Waals surface area (Å²) < 4.78 is 64.0. The molecule has 0 N–H and O–H groups in total. The molecule has 0 bridgehead atoms. The minimum absolute atomic E-state index is 0.0330. The monoisotopic (exact) mass is 469 g/mol. The second kappa shape index (κ2) is 7.32. The summed E-state index contributed by atoms with van der Waals surface area (Å²) in [7, 11) is -6.41. The van der Waals surface area contributed by atoms with Crippen LogP contribution in [0.4, 0.5) is 4.39 Å². The molecule has 0 amide bonds. The molecule has 0 radical (unpaired) electrons. The van der Waals surface area contributed by atoms with E-state index >= 15 is 0 Å². The van der Waals surface area contributed by atoms with Crippen molar-refractivity contribution in [3.8, 4) is 0 Å². The van der Waals surface area contributed by atoms with E-state index < -0.39 is 25.7 Å². The fourth-order valence-electron chi connectivity index (χ4n) is 2.07. The maximum Gasteiger partial charge on any atom is 0.244 e. The van der Waals surface area contributed by atoms with E-state index in [1.165, 1.54) is 37.4 Å². The van der Waals surface area contributed by atoms with Crippen LogP contribution < -0.4 is 0 Å². The highest BCUT2D eigenvalue weighted by Crippen LogP contribution is 2.29. The highest BCUT2D eigenvalue weighted by molar-refractivity contribution is 9.10. The van der Waals surface area contributed by atoms with Gasteiger partial charge in [0.25, 0.3) is 0 Å². The smallest absolute Gasteiger partial charge is 0.224 e. The number of sulfonamides is 1. The van der Waals surface area contributed by atoms with Crippen molar-refractivity contribution in [2.75, 3.05) is 13.3 Å². The van der Waals surface area contributed by atoms with Gasteiger partial charge in [-0.25, -0.2) is 21.2 Å². The topological polar surface area (TPSA) is 71.5 Å². The molecule has 0 fully saturated rings. The molecule has 25 heavy (non-hydrogen) atoms. The van der Waals surface area contributed by atoms with Crippen LogP contribution in [0.5, 0.6) is 0 Å². The molecule has 2 aromatic rings. The van der Waals surface area contributed by atoms with Crippen molar-refractivity contribution in [1.82, 2.24) is 4.31 Å². The lowest BCUT2D eigenvalue weighted by molar-refractivity contribution is 0.456. The van der Waals surface area contributed by atoms with Crippen molar-refractivity contribution >= 4 is 47.4 Å². The van der Waals surface area contributed by atoms with Crippen molar-refractivity contribution < 1.29 is 21.2 Å². The van der Waals surface area contributed by atoms with Gasteiger partial charge in [-0.05, 0) is 46.3 Å². The molecule has 0 atom stereocenters. The average Bonchev–Trinajstić information content (AvgIpc) is 2.49. The number of sulfone groups is 1. The van der Waals surface area contributed by atoms with E-state index in [4.69, 9.17) is 11.6 Å². The van der Waals surface area contributed by atoms with Crippen molar-refractivity contribution in [2.24, 2.45) is 0 Å². The Balaban J connectivity index is 2.48. The second-order valence-electron chi connectivity index (χ2n) is 5.33. The largest absolute Gasteiger partial charge is 0.244 e. The van der Waals surface area contributed by atoms with Gasteiger partial charge in [-0.2, -0.15) is 4.31 Å². The molecular weight excluding hydrogens is 457 g/mol. The molecule has 2 rings (SSSR count). The molecule has 0 aliphatic carbocycles. The van der Waals surface area contributed by atoms with Crippen LogP contribution in [-0.4, -0.2) is 34.4 Å². The minimum Gasteiger partial charge on any atom is -0.224 e. The molecular formula is C15H14BrClFNO4S2. The molecule has 0 aliphatic heterocycles. The quantitative estimate of drug-likeness (QED) is 0.671. The first kappa shape index (κ1) is 20.3. The van der Waals surface area contributed by atoms with Crippen LogP contribution in [0, 0.1) is 5.82 Å². The number of halogens is 3. The first-order chi connectivity index (χ1) is 11.4. The molecule has 0 spiro atoms. The number of hydrogen-bond donors (Lipinski definition) is 0. The zero-order valence-electron chi connectivity index (χ0n) is 13.2. The third-order valence-electron chi connectivity index (χ3n) is 3.46. The third kappa shape index (κ3) is 4.40. The molecule has 5 nitrogen and oxygen atoms in total. The number of rotatable bonds is 5. The lowest BCUT2D eigenvalue weighted by Gasteiger charge is -2.19. The zero-order valence-corrected chi connectivity index (χ0v) is 17.2. The van der Waals surface area contributed by atoms with E-state index in [0.717, 1.165) is 16.6 Å². The first-order valence-corrected chi connectivity index (χ1v) is 11.3. The van der Waals surface area contributed by atoms with E-state index in [9.17, 15) is 21.2 Å². The van der Waals surface area contributed by atoms with Gasteiger partial charge in [0.2, 0.25) is 10.0 Å². The van der Waals surface area contributed by atoms with Crippen LogP contribution in [0.25, 0.3) is 0 Å². The van der Waals surface area contributed by atoms with E-state index in [1.807, 2.05) is 0 Å². The lowest BCUT2D eigenvalue weighted by Crippen LogP contribution is -2.27. The van der Waals surface area contributed by atoms with Crippen molar-refractivity contribution in [3.05, 3.63) is 57.3 Å².